The molecule has 0 atom stereocenters. The molecule has 0 radical (unpaired) electrons. The van der Waals surface area contributed by atoms with Gasteiger partial charge in [-0.25, -0.2) is 8.78 Å². The van der Waals surface area contributed by atoms with Gasteiger partial charge in [-0.2, -0.15) is 5.26 Å². The summed E-state index contributed by atoms with van der Waals surface area (Å²) < 4.78 is 25.2. The summed E-state index contributed by atoms with van der Waals surface area (Å²) in [6.45, 7) is 1.56. The van der Waals surface area contributed by atoms with Gasteiger partial charge in [-0.1, -0.05) is 0 Å². The van der Waals surface area contributed by atoms with Crippen molar-refractivity contribution >= 4 is 11.6 Å². The normalized spacial score (nSPS) is 10.4. The van der Waals surface area contributed by atoms with E-state index in [0.717, 1.165) is 0 Å². The monoisotopic (exact) mass is 230 g/mol. The number of rotatable bonds is 3. The molecule has 5 heteroatoms. The number of pyridine rings is 1. The molecule has 15 heavy (non-hydrogen) atoms. The largest absolute Gasteiger partial charge is 0.264 e. The molecule has 0 fully saturated rings. The van der Waals surface area contributed by atoms with Crippen LogP contribution in [0.3, 0.4) is 0 Å². The quantitative estimate of drug-likeness (QED) is 0.748. The molecule has 0 N–H and O–H groups in total. The summed E-state index contributed by atoms with van der Waals surface area (Å²) in [4.78, 5) is 4.04. The fourth-order valence-electron chi connectivity index (χ4n) is 1.27. The lowest BCUT2D eigenvalue weighted by Gasteiger charge is -2.10. The first-order valence-electron chi connectivity index (χ1n) is 4.30. The lowest BCUT2D eigenvalue weighted by atomic mass is 10.1. The van der Waals surface area contributed by atoms with Crippen LogP contribution in [0.25, 0.3) is 0 Å². The van der Waals surface area contributed by atoms with Gasteiger partial charge in [0.15, 0.2) is 0 Å². The van der Waals surface area contributed by atoms with E-state index >= 15 is 0 Å². The smallest absolute Gasteiger partial charge is 0.255 e. The molecule has 0 aromatic carbocycles. The Hall–Kier alpha value is -1.21. The lowest BCUT2D eigenvalue weighted by Crippen LogP contribution is -2.02. The van der Waals surface area contributed by atoms with Crippen molar-refractivity contribution in [2.45, 2.75) is 25.7 Å². The number of alkyl halides is 3. The second-order valence-electron chi connectivity index (χ2n) is 3.04. The van der Waals surface area contributed by atoms with Gasteiger partial charge < -0.3 is 0 Å². The molecule has 0 unspecified atom stereocenters. The van der Waals surface area contributed by atoms with Crippen LogP contribution >= 0.6 is 11.6 Å². The van der Waals surface area contributed by atoms with Crippen molar-refractivity contribution in [3.05, 3.63) is 28.6 Å². The second kappa shape index (κ2) is 5.04. The average Bonchev–Trinajstić information content (AvgIpc) is 2.20. The first-order chi connectivity index (χ1) is 7.10. The van der Waals surface area contributed by atoms with Gasteiger partial charge >= 0.3 is 0 Å². The van der Waals surface area contributed by atoms with E-state index in [1.54, 1.807) is 6.92 Å². The molecule has 0 aliphatic rings. The molecule has 0 amide bonds. The van der Waals surface area contributed by atoms with Gasteiger partial charge in [0, 0.05) is 5.56 Å². The molecule has 1 rings (SSSR count). The molecule has 0 spiro atoms. The summed E-state index contributed by atoms with van der Waals surface area (Å²) in [5.74, 6) is 0.0742. The number of nitrogens with zero attached hydrogens (tertiary/aromatic N) is 2. The van der Waals surface area contributed by atoms with E-state index < -0.39 is 6.43 Å². The van der Waals surface area contributed by atoms with Crippen LogP contribution in [0, 0.1) is 18.3 Å². The summed E-state index contributed by atoms with van der Waals surface area (Å²) in [5.41, 5.74) is 1.07. The topological polar surface area (TPSA) is 36.7 Å². The Balaban J connectivity index is 3.26. The van der Waals surface area contributed by atoms with Crippen LogP contribution < -0.4 is 0 Å². The average molecular weight is 231 g/mol. The summed E-state index contributed by atoms with van der Waals surface area (Å²) in [5, 5.41) is 8.47. The number of hydrogen-bond acceptors (Lipinski definition) is 2. The molecule has 1 heterocycles. The molecule has 0 bridgehead atoms. The third-order valence-electron chi connectivity index (χ3n) is 2.09. The van der Waals surface area contributed by atoms with Gasteiger partial charge in [0.05, 0.1) is 29.8 Å². The molecule has 1 aromatic heterocycles. The van der Waals surface area contributed by atoms with Crippen LogP contribution in [0.1, 0.15) is 28.9 Å². The first-order valence-corrected chi connectivity index (χ1v) is 4.84. The number of nitriles is 1. The van der Waals surface area contributed by atoms with E-state index in [-0.39, 0.29) is 17.9 Å². The highest BCUT2D eigenvalue weighted by Gasteiger charge is 2.15. The van der Waals surface area contributed by atoms with Gasteiger partial charge in [0.25, 0.3) is 6.43 Å². The van der Waals surface area contributed by atoms with Crippen molar-refractivity contribution in [2.75, 3.05) is 0 Å². The Labute approximate surface area is 91.5 Å². The minimum absolute atomic E-state index is 0.0177. The zero-order valence-corrected chi connectivity index (χ0v) is 8.85. The van der Waals surface area contributed by atoms with Crippen molar-refractivity contribution in [1.82, 2.24) is 4.98 Å². The van der Waals surface area contributed by atoms with E-state index in [1.165, 1.54) is 6.07 Å². The SMILES string of the molecule is Cc1c(C(F)F)cc(CC#N)nc1CCl. The van der Waals surface area contributed by atoms with Crippen LogP contribution in [0.5, 0.6) is 0 Å². The Kier molecular flexibility index (Phi) is 3.98. The van der Waals surface area contributed by atoms with Crippen LogP contribution in [0.15, 0.2) is 6.07 Å². The third kappa shape index (κ3) is 2.63. The van der Waals surface area contributed by atoms with Gasteiger partial charge in [0.1, 0.15) is 0 Å². The fraction of sp³-hybridized carbons (Fsp3) is 0.400. The highest BCUT2D eigenvalue weighted by atomic mass is 35.5. The van der Waals surface area contributed by atoms with Crippen LogP contribution in [0.2, 0.25) is 0 Å². The van der Waals surface area contributed by atoms with Gasteiger partial charge in [-0.15, -0.1) is 11.6 Å². The van der Waals surface area contributed by atoms with E-state index in [0.29, 0.717) is 17.0 Å². The lowest BCUT2D eigenvalue weighted by molar-refractivity contribution is 0.150. The fourth-order valence-corrected chi connectivity index (χ4v) is 1.53. The van der Waals surface area contributed by atoms with Crippen molar-refractivity contribution in [1.29, 1.82) is 5.26 Å². The van der Waals surface area contributed by atoms with Crippen molar-refractivity contribution < 1.29 is 8.78 Å². The standard InChI is InChI=1S/C10H9ClF2N2/c1-6-8(10(12)13)4-7(2-3-14)15-9(6)5-11/h4,10H,2,5H2,1H3. The van der Waals surface area contributed by atoms with Crippen LogP contribution in [-0.2, 0) is 12.3 Å². The number of aromatic nitrogens is 1. The molecule has 1 aromatic rings. The van der Waals surface area contributed by atoms with Gasteiger partial charge in [0.2, 0.25) is 0 Å². The molecule has 0 aliphatic carbocycles. The Morgan fingerprint density at radius 2 is 2.27 bits per heavy atom. The maximum Gasteiger partial charge on any atom is 0.264 e. The molecule has 0 aliphatic heterocycles. The summed E-state index contributed by atoms with van der Waals surface area (Å²) in [6, 6.07) is 3.13. The second-order valence-corrected chi connectivity index (χ2v) is 3.31. The predicted molar refractivity (Wildman–Crippen MR) is 52.8 cm³/mol. The first kappa shape index (κ1) is 11.9. The highest BCUT2D eigenvalue weighted by molar-refractivity contribution is 6.17. The minimum Gasteiger partial charge on any atom is -0.255 e. The molecular weight excluding hydrogens is 222 g/mol. The zero-order valence-electron chi connectivity index (χ0n) is 8.10. The molecule has 0 saturated heterocycles. The predicted octanol–water partition coefficient (Wildman–Crippen LogP) is 3.13. The molecular formula is C10H9ClF2N2. The number of halogens is 3. The Bertz CT molecular complexity index is 399. The van der Waals surface area contributed by atoms with Gasteiger partial charge in [-0.05, 0) is 18.6 Å². The summed E-state index contributed by atoms with van der Waals surface area (Å²) in [7, 11) is 0. The third-order valence-corrected chi connectivity index (χ3v) is 2.34. The zero-order chi connectivity index (χ0) is 11.4. The van der Waals surface area contributed by atoms with E-state index in [1.807, 2.05) is 6.07 Å². The van der Waals surface area contributed by atoms with E-state index in [9.17, 15) is 8.78 Å². The van der Waals surface area contributed by atoms with E-state index in [4.69, 9.17) is 16.9 Å². The van der Waals surface area contributed by atoms with Crippen LogP contribution in [-0.4, -0.2) is 4.98 Å². The van der Waals surface area contributed by atoms with Gasteiger partial charge in [-0.3, -0.25) is 4.98 Å². The summed E-state index contributed by atoms with van der Waals surface area (Å²) in [6.07, 6.45) is -2.54. The highest BCUT2D eigenvalue weighted by Crippen LogP contribution is 2.25. The molecule has 80 valence electrons. The Morgan fingerprint density at radius 1 is 1.60 bits per heavy atom. The van der Waals surface area contributed by atoms with Crippen molar-refractivity contribution in [2.24, 2.45) is 0 Å². The maximum atomic E-state index is 12.6. The molecule has 2 nitrogen and oxygen atoms in total. The van der Waals surface area contributed by atoms with Crippen molar-refractivity contribution in [3.63, 3.8) is 0 Å². The van der Waals surface area contributed by atoms with Crippen molar-refractivity contribution in [3.8, 4) is 6.07 Å². The minimum atomic E-state index is -2.56. The van der Waals surface area contributed by atoms with E-state index in [2.05, 4.69) is 4.98 Å². The molecule has 0 saturated carbocycles. The summed E-state index contributed by atoms with van der Waals surface area (Å²) >= 11 is 5.59. The maximum absolute atomic E-state index is 12.6. The number of hydrogen-bond donors (Lipinski definition) is 0. The Morgan fingerprint density at radius 3 is 2.73 bits per heavy atom. The van der Waals surface area contributed by atoms with Crippen LogP contribution in [0.4, 0.5) is 8.78 Å².